The molecule has 2 aromatic heterocycles. The molecule has 1 aliphatic heterocycles. The van der Waals surface area contributed by atoms with E-state index in [4.69, 9.17) is 4.42 Å². The summed E-state index contributed by atoms with van der Waals surface area (Å²) in [6.45, 7) is 2.03. The van der Waals surface area contributed by atoms with Crippen LogP contribution in [-0.4, -0.2) is 37.8 Å². The van der Waals surface area contributed by atoms with Gasteiger partial charge >= 0.3 is 6.18 Å². The van der Waals surface area contributed by atoms with E-state index in [9.17, 15) is 13.2 Å². The first kappa shape index (κ1) is 16.0. The Morgan fingerprint density at radius 2 is 2.22 bits per heavy atom. The summed E-state index contributed by atoms with van der Waals surface area (Å²) in [6.07, 6.45) is -0.853. The number of aromatic nitrogens is 4. The van der Waals surface area contributed by atoms with E-state index in [2.05, 4.69) is 27.3 Å². The first-order valence-corrected chi connectivity index (χ1v) is 7.51. The van der Waals surface area contributed by atoms with Gasteiger partial charge in [-0.05, 0) is 47.9 Å². The van der Waals surface area contributed by atoms with Crippen molar-refractivity contribution >= 4 is 0 Å². The van der Waals surface area contributed by atoms with Gasteiger partial charge in [-0.1, -0.05) is 6.92 Å². The highest BCUT2D eigenvalue weighted by Crippen LogP contribution is 2.35. The molecule has 0 N–H and O–H groups in total. The van der Waals surface area contributed by atoms with Gasteiger partial charge in [0.05, 0.1) is 18.8 Å². The number of tetrazole rings is 1. The zero-order valence-electron chi connectivity index (χ0n) is 12.7. The number of rotatable bonds is 4. The van der Waals surface area contributed by atoms with Crippen molar-refractivity contribution in [3.63, 3.8) is 0 Å². The van der Waals surface area contributed by atoms with Crippen LogP contribution in [0.1, 0.15) is 37.4 Å². The molecule has 3 heterocycles. The highest BCUT2D eigenvalue weighted by Gasteiger charge is 2.33. The zero-order valence-corrected chi connectivity index (χ0v) is 12.7. The molecule has 23 heavy (non-hydrogen) atoms. The predicted molar refractivity (Wildman–Crippen MR) is 74.1 cm³/mol. The zero-order chi connectivity index (χ0) is 16.4. The van der Waals surface area contributed by atoms with Gasteiger partial charge in [0.15, 0.2) is 5.82 Å². The van der Waals surface area contributed by atoms with Gasteiger partial charge in [0.25, 0.3) is 0 Å². The number of hydrogen-bond acceptors (Lipinski definition) is 5. The van der Waals surface area contributed by atoms with Crippen LogP contribution in [0.3, 0.4) is 0 Å². The highest BCUT2D eigenvalue weighted by molar-refractivity contribution is 5.06. The number of furan rings is 1. The minimum Gasteiger partial charge on any atom is -0.468 e. The monoisotopic (exact) mass is 329 g/mol. The van der Waals surface area contributed by atoms with Crippen LogP contribution in [0.15, 0.2) is 22.8 Å². The number of nitrogens with zero attached hydrogens (tertiary/aromatic N) is 5. The van der Waals surface area contributed by atoms with Crippen LogP contribution in [0.2, 0.25) is 0 Å². The van der Waals surface area contributed by atoms with E-state index >= 15 is 0 Å². The van der Waals surface area contributed by atoms with E-state index in [1.165, 1.54) is 0 Å². The topological polar surface area (TPSA) is 60.0 Å². The maximum Gasteiger partial charge on any atom is 0.408 e. The predicted octanol–water partition coefficient (Wildman–Crippen LogP) is 2.80. The summed E-state index contributed by atoms with van der Waals surface area (Å²) in [5, 5.41) is 10.6. The second-order valence-electron chi connectivity index (χ2n) is 6.00. The molecular weight excluding hydrogens is 311 g/mol. The lowest BCUT2D eigenvalue weighted by molar-refractivity contribution is -0.143. The molecule has 0 unspecified atom stereocenters. The van der Waals surface area contributed by atoms with Crippen molar-refractivity contribution in [2.75, 3.05) is 6.54 Å². The van der Waals surface area contributed by atoms with Gasteiger partial charge in [0.1, 0.15) is 12.3 Å². The molecule has 126 valence electrons. The third-order valence-corrected chi connectivity index (χ3v) is 4.13. The Morgan fingerprint density at radius 3 is 2.91 bits per heavy atom. The Kier molecular flexibility index (Phi) is 4.38. The van der Waals surface area contributed by atoms with Gasteiger partial charge in [-0.15, -0.1) is 5.10 Å². The fourth-order valence-electron chi connectivity index (χ4n) is 2.97. The summed E-state index contributed by atoms with van der Waals surface area (Å²) in [4.78, 5) is 2.08. The lowest BCUT2D eigenvalue weighted by Gasteiger charge is -2.36. The van der Waals surface area contributed by atoms with Crippen LogP contribution in [0.4, 0.5) is 13.2 Å². The summed E-state index contributed by atoms with van der Waals surface area (Å²) >= 11 is 0. The first-order chi connectivity index (χ1) is 10.9. The number of halogens is 3. The molecule has 3 rings (SSSR count). The molecule has 9 heteroatoms. The number of alkyl halides is 3. The van der Waals surface area contributed by atoms with Crippen LogP contribution in [0.5, 0.6) is 0 Å². The Hall–Kier alpha value is -1.90. The molecule has 0 saturated carbocycles. The maximum absolute atomic E-state index is 12.6. The molecule has 2 aromatic rings. The second-order valence-corrected chi connectivity index (χ2v) is 6.00. The Balaban J connectivity index is 1.77. The molecule has 2 atom stereocenters. The SMILES string of the molecule is C[C@@H]1CCN(Cc2nnnn2CC(F)(F)F)[C@@H](c2ccco2)C1. The molecule has 0 aromatic carbocycles. The van der Waals surface area contributed by atoms with Gasteiger partial charge in [-0.25, -0.2) is 4.68 Å². The smallest absolute Gasteiger partial charge is 0.408 e. The van der Waals surface area contributed by atoms with E-state index in [1.54, 1.807) is 6.26 Å². The molecule has 0 radical (unpaired) electrons. The van der Waals surface area contributed by atoms with Crippen molar-refractivity contribution in [2.24, 2.45) is 5.92 Å². The lowest BCUT2D eigenvalue weighted by Crippen LogP contribution is -2.36. The van der Waals surface area contributed by atoms with E-state index in [0.29, 0.717) is 5.92 Å². The van der Waals surface area contributed by atoms with Gasteiger partial charge in [-0.2, -0.15) is 13.2 Å². The molecule has 1 aliphatic rings. The first-order valence-electron chi connectivity index (χ1n) is 7.51. The summed E-state index contributed by atoms with van der Waals surface area (Å²) in [5.41, 5.74) is 0. The number of piperidine rings is 1. The Morgan fingerprint density at radius 1 is 1.39 bits per heavy atom. The van der Waals surface area contributed by atoms with Crippen LogP contribution in [0, 0.1) is 5.92 Å². The van der Waals surface area contributed by atoms with Crippen molar-refractivity contribution in [3.8, 4) is 0 Å². The largest absolute Gasteiger partial charge is 0.468 e. The average Bonchev–Trinajstić information content (AvgIpc) is 3.11. The minimum atomic E-state index is -4.35. The van der Waals surface area contributed by atoms with Crippen LogP contribution in [0.25, 0.3) is 0 Å². The molecule has 1 fully saturated rings. The third kappa shape index (κ3) is 3.90. The van der Waals surface area contributed by atoms with Gasteiger partial charge in [-0.3, -0.25) is 4.90 Å². The summed E-state index contributed by atoms with van der Waals surface area (Å²) in [5.74, 6) is 1.58. The van der Waals surface area contributed by atoms with Crippen LogP contribution < -0.4 is 0 Å². The van der Waals surface area contributed by atoms with Crippen molar-refractivity contribution in [1.82, 2.24) is 25.1 Å². The normalized spacial score (nSPS) is 23.3. The van der Waals surface area contributed by atoms with E-state index in [-0.39, 0.29) is 18.4 Å². The molecule has 1 saturated heterocycles. The molecule has 0 bridgehead atoms. The lowest BCUT2D eigenvalue weighted by atomic mass is 9.91. The van der Waals surface area contributed by atoms with E-state index in [0.717, 1.165) is 29.8 Å². The molecular formula is C14H18F3N5O. The van der Waals surface area contributed by atoms with Gasteiger partial charge in [0.2, 0.25) is 0 Å². The van der Waals surface area contributed by atoms with Gasteiger partial charge in [0, 0.05) is 0 Å². The Bertz CT molecular complexity index is 625. The number of hydrogen-bond donors (Lipinski definition) is 0. The summed E-state index contributed by atoms with van der Waals surface area (Å²) in [6, 6.07) is 3.75. The van der Waals surface area contributed by atoms with Crippen molar-refractivity contribution in [3.05, 3.63) is 30.0 Å². The highest BCUT2D eigenvalue weighted by atomic mass is 19.4. The van der Waals surface area contributed by atoms with Crippen molar-refractivity contribution < 1.29 is 17.6 Å². The Labute approximate surface area is 131 Å². The molecule has 0 amide bonds. The van der Waals surface area contributed by atoms with Crippen molar-refractivity contribution in [2.45, 2.75) is 45.1 Å². The standard InChI is InChI=1S/C14H18F3N5O/c1-10-4-5-21(11(7-10)12-3-2-6-23-12)8-13-18-19-20-22(13)9-14(15,16)17/h2-3,6,10-11H,4-5,7-9H2,1H3/t10-,11-/m1/s1. The fraction of sp³-hybridized carbons (Fsp3) is 0.643. The van der Waals surface area contributed by atoms with Gasteiger partial charge < -0.3 is 4.42 Å². The van der Waals surface area contributed by atoms with E-state index in [1.807, 2.05) is 12.1 Å². The third-order valence-electron chi connectivity index (χ3n) is 4.13. The number of likely N-dealkylation sites (tertiary alicyclic amines) is 1. The van der Waals surface area contributed by atoms with Crippen molar-refractivity contribution in [1.29, 1.82) is 0 Å². The van der Waals surface area contributed by atoms with Crippen LogP contribution in [-0.2, 0) is 13.1 Å². The van der Waals surface area contributed by atoms with E-state index < -0.39 is 12.7 Å². The second kappa shape index (κ2) is 6.31. The quantitative estimate of drug-likeness (QED) is 0.863. The van der Waals surface area contributed by atoms with Crippen LogP contribution >= 0.6 is 0 Å². The molecule has 6 nitrogen and oxygen atoms in total. The molecule has 0 aliphatic carbocycles. The summed E-state index contributed by atoms with van der Waals surface area (Å²) in [7, 11) is 0. The minimum absolute atomic E-state index is 0.0322. The fourth-order valence-corrected chi connectivity index (χ4v) is 2.97. The maximum atomic E-state index is 12.6. The summed E-state index contributed by atoms with van der Waals surface area (Å²) < 4.78 is 44.1. The average molecular weight is 329 g/mol. The molecule has 0 spiro atoms.